The third-order valence-corrected chi connectivity index (χ3v) is 5.67. The molecule has 0 radical (unpaired) electrons. The van der Waals surface area contributed by atoms with Crippen molar-refractivity contribution in [3.8, 4) is 10.8 Å². The van der Waals surface area contributed by atoms with E-state index >= 15 is 0 Å². The Kier molecular flexibility index (Phi) is 5.36. The van der Waals surface area contributed by atoms with Crippen molar-refractivity contribution in [2.45, 2.75) is 19.9 Å². The summed E-state index contributed by atoms with van der Waals surface area (Å²) in [5.41, 5.74) is 2.84. The highest BCUT2D eigenvalue weighted by Gasteiger charge is 2.21. The van der Waals surface area contributed by atoms with Crippen molar-refractivity contribution in [3.05, 3.63) is 64.9 Å². The minimum atomic E-state index is 0.127. The van der Waals surface area contributed by atoms with Gasteiger partial charge in [0, 0.05) is 38.3 Å². The molecule has 0 saturated carbocycles. The Morgan fingerprint density at radius 1 is 1.19 bits per heavy atom. The number of rotatable bonds is 4. The molecule has 3 aromatic rings. The number of nitrogens with zero attached hydrogens (tertiary/aromatic N) is 3. The lowest BCUT2D eigenvalue weighted by Crippen LogP contribution is -2.35. The first-order chi connectivity index (χ1) is 13.2. The Balaban J connectivity index is 1.37. The molecule has 1 aromatic carbocycles. The maximum absolute atomic E-state index is 12.8. The van der Waals surface area contributed by atoms with Crippen LogP contribution in [-0.2, 0) is 6.54 Å². The molecule has 0 unspecified atom stereocenters. The Morgan fingerprint density at radius 2 is 2.11 bits per heavy atom. The highest BCUT2D eigenvalue weighted by Crippen LogP contribution is 2.24. The number of hydrogen-bond donors (Lipinski definition) is 0. The number of hydrogen-bond acceptors (Lipinski definition) is 5. The summed E-state index contributed by atoms with van der Waals surface area (Å²) < 4.78 is 5.62. The summed E-state index contributed by atoms with van der Waals surface area (Å²) in [6.45, 7) is 6.10. The molecule has 4 rings (SSSR count). The maximum atomic E-state index is 12.8. The molecule has 5 nitrogen and oxygen atoms in total. The summed E-state index contributed by atoms with van der Waals surface area (Å²) in [4.78, 5) is 22.8. The van der Waals surface area contributed by atoms with E-state index < -0.39 is 0 Å². The average molecular weight is 382 g/mol. The zero-order valence-electron chi connectivity index (χ0n) is 15.4. The molecule has 1 fully saturated rings. The van der Waals surface area contributed by atoms with Crippen LogP contribution >= 0.6 is 11.3 Å². The van der Waals surface area contributed by atoms with Gasteiger partial charge in [0.05, 0.1) is 10.6 Å². The molecule has 1 aliphatic rings. The van der Waals surface area contributed by atoms with Crippen LogP contribution in [0.2, 0.25) is 0 Å². The van der Waals surface area contributed by atoms with Crippen LogP contribution in [0, 0.1) is 6.92 Å². The number of aryl methyl sites for hydroxylation is 1. The number of carbonyl (C=O) groups is 1. The number of amides is 1. The standard InChI is InChI=1S/C21H23N3O2S/c1-16-5-2-6-17(13-16)21(25)24-9-4-8-23(10-11-24)14-18-15-26-20(22-18)19-7-3-12-27-19/h2-3,5-7,12-13,15H,4,8-11,14H2,1H3. The number of oxazole rings is 1. The third kappa shape index (κ3) is 4.28. The van der Waals surface area contributed by atoms with Gasteiger partial charge in [-0.3, -0.25) is 9.69 Å². The van der Waals surface area contributed by atoms with E-state index in [-0.39, 0.29) is 5.91 Å². The van der Waals surface area contributed by atoms with Gasteiger partial charge in [0.2, 0.25) is 5.89 Å². The SMILES string of the molecule is Cc1cccc(C(=O)N2CCCN(Cc3coc(-c4cccs4)n3)CC2)c1. The summed E-state index contributed by atoms with van der Waals surface area (Å²) in [6.07, 6.45) is 2.71. The zero-order chi connectivity index (χ0) is 18.6. The van der Waals surface area contributed by atoms with Crippen LogP contribution in [0.15, 0.2) is 52.5 Å². The first-order valence-corrected chi connectivity index (χ1v) is 10.1. The number of thiophene rings is 1. The highest BCUT2D eigenvalue weighted by atomic mass is 32.1. The molecule has 0 spiro atoms. The second-order valence-electron chi connectivity index (χ2n) is 6.91. The molecule has 2 aromatic heterocycles. The summed E-state index contributed by atoms with van der Waals surface area (Å²) in [7, 11) is 0. The lowest BCUT2D eigenvalue weighted by molar-refractivity contribution is 0.0761. The number of carbonyl (C=O) groups excluding carboxylic acids is 1. The first kappa shape index (κ1) is 17.9. The Bertz CT molecular complexity index is 904. The van der Waals surface area contributed by atoms with Crippen LogP contribution in [0.25, 0.3) is 10.8 Å². The normalized spacial score (nSPS) is 15.7. The van der Waals surface area contributed by atoms with Crippen LogP contribution in [0.1, 0.15) is 28.0 Å². The van der Waals surface area contributed by atoms with Crippen LogP contribution in [0.3, 0.4) is 0 Å². The lowest BCUT2D eigenvalue weighted by atomic mass is 10.1. The second-order valence-corrected chi connectivity index (χ2v) is 7.86. The fraction of sp³-hybridized carbons (Fsp3) is 0.333. The molecule has 3 heterocycles. The van der Waals surface area contributed by atoms with E-state index in [1.165, 1.54) is 0 Å². The number of benzene rings is 1. The molecule has 27 heavy (non-hydrogen) atoms. The minimum Gasteiger partial charge on any atom is -0.444 e. The van der Waals surface area contributed by atoms with Crippen molar-refractivity contribution in [2.75, 3.05) is 26.2 Å². The predicted octanol–water partition coefficient (Wildman–Crippen LogP) is 4.06. The monoisotopic (exact) mass is 381 g/mol. The minimum absolute atomic E-state index is 0.127. The van der Waals surface area contributed by atoms with Gasteiger partial charge in [-0.15, -0.1) is 11.3 Å². The molecule has 0 aliphatic carbocycles. The molecule has 0 bridgehead atoms. The maximum Gasteiger partial charge on any atom is 0.253 e. The van der Waals surface area contributed by atoms with Gasteiger partial charge in [0.25, 0.3) is 5.91 Å². The zero-order valence-corrected chi connectivity index (χ0v) is 16.2. The van der Waals surface area contributed by atoms with Crippen LogP contribution in [-0.4, -0.2) is 46.9 Å². The van der Waals surface area contributed by atoms with E-state index in [1.807, 2.05) is 53.6 Å². The Labute approximate surface area is 163 Å². The molecule has 0 atom stereocenters. The molecule has 1 aliphatic heterocycles. The third-order valence-electron chi connectivity index (χ3n) is 4.81. The van der Waals surface area contributed by atoms with Gasteiger partial charge < -0.3 is 9.32 Å². The molecule has 0 N–H and O–H groups in total. The van der Waals surface area contributed by atoms with Gasteiger partial charge >= 0.3 is 0 Å². The molecular weight excluding hydrogens is 358 g/mol. The van der Waals surface area contributed by atoms with E-state index in [2.05, 4.69) is 9.88 Å². The first-order valence-electron chi connectivity index (χ1n) is 9.25. The van der Waals surface area contributed by atoms with Crippen molar-refractivity contribution in [1.29, 1.82) is 0 Å². The molecular formula is C21H23N3O2S. The van der Waals surface area contributed by atoms with Crippen LogP contribution in [0.5, 0.6) is 0 Å². The van der Waals surface area contributed by atoms with Crippen molar-refractivity contribution < 1.29 is 9.21 Å². The topological polar surface area (TPSA) is 49.6 Å². The van der Waals surface area contributed by atoms with Gasteiger partial charge in [-0.1, -0.05) is 23.8 Å². The quantitative estimate of drug-likeness (QED) is 0.684. The average Bonchev–Trinajstić information content (AvgIpc) is 3.30. The molecule has 1 saturated heterocycles. The van der Waals surface area contributed by atoms with Crippen LogP contribution < -0.4 is 0 Å². The molecule has 6 heteroatoms. The van der Waals surface area contributed by atoms with Crippen molar-refractivity contribution >= 4 is 17.2 Å². The second kappa shape index (κ2) is 8.06. The van der Waals surface area contributed by atoms with E-state index in [1.54, 1.807) is 17.6 Å². The highest BCUT2D eigenvalue weighted by molar-refractivity contribution is 7.13. The van der Waals surface area contributed by atoms with Gasteiger partial charge in [-0.05, 0) is 36.9 Å². The smallest absolute Gasteiger partial charge is 0.253 e. The van der Waals surface area contributed by atoms with E-state index in [4.69, 9.17) is 4.42 Å². The van der Waals surface area contributed by atoms with Crippen LogP contribution in [0.4, 0.5) is 0 Å². The van der Waals surface area contributed by atoms with Gasteiger partial charge in [0.15, 0.2) is 0 Å². The van der Waals surface area contributed by atoms with Crippen molar-refractivity contribution in [1.82, 2.24) is 14.8 Å². The summed E-state index contributed by atoms with van der Waals surface area (Å²) in [5.74, 6) is 0.813. The summed E-state index contributed by atoms with van der Waals surface area (Å²) in [6, 6.07) is 11.8. The van der Waals surface area contributed by atoms with Gasteiger partial charge in [-0.2, -0.15) is 0 Å². The molecule has 140 valence electrons. The summed E-state index contributed by atoms with van der Waals surface area (Å²) >= 11 is 1.63. The fourth-order valence-electron chi connectivity index (χ4n) is 3.41. The van der Waals surface area contributed by atoms with E-state index in [0.29, 0.717) is 5.89 Å². The largest absolute Gasteiger partial charge is 0.444 e. The van der Waals surface area contributed by atoms with Crippen molar-refractivity contribution in [3.63, 3.8) is 0 Å². The Hall–Kier alpha value is -2.44. The van der Waals surface area contributed by atoms with E-state index in [9.17, 15) is 4.79 Å². The lowest BCUT2D eigenvalue weighted by Gasteiger charge is -2.21. The van der Waals surface area contributed by atoms with Crippen molar-refractivity contribution in [2.24, 2.45) is 0 Å². The predicted molar refractivity (Wildman–Crippen MR) is 107 cm³/mol. The molecule has 1 amide bonds. The Morgan fingerprint density at radius 3 is 2.93 bits per heavy atom. The van der Waals surface area contributed by atoms with Gasteiger partial charge in [-0.25, -0.2) is 4.98 Å². The fourth-order valence-corrected chi connectivity index (χ4v) is 4.07. The van der Waals surface area contributed by atoms with Gasteiger partial charge in [0.1, 0.15) is 6.26 Å². The van der Waals surface area contributed by atoms with E-state index in [0.717, 1.165) is 60.8 Å². The summed E-state index contributed by atoms with van der Waals surface area (Å²) in [5, 5.41) is 2.02. The number of aromatic nitrogens is 1.